The van der Waals surface area contributed by atoms with Crippen LogP contribution in [-0.4, -0.2) is 20.0 Å². The summed E-state index contributed by atoms with van der Waals surface area (Å²) < 4.78 is 3.44. The second-order valence-corrected chi connectivity index (χ2v) is 6.22. The fraction of sp³-hybridized carbons (Fsp3) is 0.0952. The number of carbonyl (C=O) groups is 1. The molecule has 7 nitrogen and oxygen atoms in total. The third-order valence-corrected chi connectivity index (χ3v) is 4.50. The zero-order chi connectivity index (χ0) is 19.5. The Bertz CT molecular complexity index is 1180. The second kappa shape index (κ2) is 7.40. The van der Waals surface area contributed by atoms with Gasteiger partial charge in [-0.05, 0) is 55.5 Å². The third-order valence-electron chi connectivity index (χ3n) is 4.50. The van der Waals surface area contributed by atoms with E-state index in [1.165, 1.54) is 4.57 Å². The molecular weight excluding hydrogens is 354 g/mol. The third kappa shape index (κ3) is 3.25. The Kier molecular flexibility index (Phi) is 4.63. The van der Waals surface area contributed by atoms with Gasteiger partial charge < -0.3 is 4.57 Å². The molecule has 0 fully saturated rings. The molecule has 0 atom stereocenters. The first-order valence-corrected chi connectivity index (χ1v) is 8.96. The van der Waals surface area contributed by atoms with Crippen LogP contribution in [0.5, 0.6) is 0 Å². The zero-order valence-electron chi connectivity index (χ0n) is 15.3. The normalized spacial score (nSPS) is 10.8. The van der Waals surface area contributed by atoms with E-state index < -0.39 is 0 Å². The van der Waals surface area contributed by atoms with Gasteiger partial charge in [0.2, 0.25) is 5.95 Å². The van der Waals surface area contributed by atoms with Crippen LogP contribution in [0.1, 0.15) is 17.3 Å². The Balaban J connectivity index is 1.54. The molecule has 0 spiro atoms. The molecule has 0 saturated heterocycles. The first-order chi connectivity index (χ1) is 13.7. The minimum atomic E-state index is -0.316. The molecule has 0 saturated carbocycles. The van der Waals surface area contributed by atoms with Gasteiger partial charge in [-0.2, -0.15) is 0 Å². The van der Waals surface area contributed by atoms with Crippen molar-refractivity contribution in [1.29, 1.82) is 0 Å². The van der Waals surface area contributed by atoms with Crippen LogP contribution in [0.25, 0.3) is 16.6 Å². The van der Waals surface area contributed by atoms with E-state index in [0.717, 1.165) is 5.69 Å². The highest BCUT2D eigenvalue weighted by atomic mass is 16.2. The first-order valence-electron chi connectivity index (χ1n) is 8.96. The molecule has 4 aromatic rings. The Labute approximate surface area is 161 Å². The van der Waals surface area contributed by atoms with Crippen molar-refractivity contribution in [3.8, 4) is 5.69 Å². The Morgan fingerprint density at radius 3 is 2.43 bits per heavy atom. The molecule has 2 aromatic heterocycles. The minimum absolute atomic E-state index is 0.152. The van der Waals surface area contributed by atoms with Gasteiger partial charge in [-0.15, -0.1) is 0 Å². The number of aromatic nitrogens is 3. The van der Waals surface area contributed by atoms with E-state index in [4.69, 9.17) is 0 Å². The van der Waals surface area contributed by atoms with E-state index in [1.54, 1.807) is 30.3 Å². The molecule has 0 bridgehead atoms. The summed E-state index contributed by atoms with van der Waals surface area (Å²) in [5, 5.41) is 0.543. The Morgan fingerprint density at radius 2 is 1.71 bits per heavy atom. The molecule has 0 aliphatic rings. The fourth-order valence-corrected chi connectivity index (χ4v) is 3.03. The van der Waals surface area contributed by atoms with E-state index in [2.05, 4.69) is 15.8 Å². The number of hydrogen-bond acceptors (Lipinski definition) is 4. The maximum atomic E-state index is 12.6. The van der Waals surface area contributed by atoms with Gasteiger partial charge in [0.15, 0.2) is 0 Å². The van der Waals surface area contributed by atoms with Crippen molar-refractivity contribution in [2.24, 2.45) is 0 Å². The predicted molar refractivity (Wildman–Crippen MR) is 109 cm³/mol. The van der Waals surface area contributed by atoms with Crippen LogP contribution >= 0.6 is 0 Å². The molecule has 140 valence electrons. The first kappa shape index (κ1) is 17.5. The van der Waals surface area contributed by atoms with Crippen molar-refractivity contribution < 1.29 is 4.79 Å². The number of amides is 1. The monoisotopic (exact) mass is 373 g/mol. The number of benzene rings is 2. The topological polar surface area (TPSA) is 81.0 Å². The lowest BCUT2D eigenvalue weighted by atomic mass is 10.2. The summed E-state index contributed by atoms with van der Waals surface area (Å²) in [5.74, 6) is -0.0207. The van der Waals surface area contributed by atoms with Gasteiger partial charge in [-0.3, -0.25) is 25.0 Å². The maximum absolute atomic E-state index is 12.6. The predicted octanol–water partition coefficient (Wildman–Crippen LogP) is 2.96. The maximum Gasteiger partial charge on any atom is 0.269 e. The average molecular weight is 373 g/mol. The molecule has 2 N–H and O–H groups in total. The summed E-state index contributed by atoms with van der Waals surface area (Å²) in [6.07, 6.45) is 3.87. The molecule has 4 rings (SSSR count). The summed E-state index contributed by atoms with van der Waals surface area (Å²) in [7, 11) is 0. The molecule has 0 aliphatic carbocycles. The van der Waals surface area contributed by atoms with E-state index in [0.29, 0.717) is 29.0 Å². The van der Waals surface area contributed by atoms with Gasteiger partial charge in [0.1, 0.15) is 0 Å². The summed E-state index contributed by atoms with van der Waals surface area (Å²) in [4.78, 5) is 29.5. The van der Waals surface area contributed by atoms with Crippen molar-refractivity contribution in [3.63, 3.8) is 0 Å². The standard InChI is InChI=1S/C21H19N5O2/c1-2-26-20(28)17-7-3-4-8-18(17)22-21(26)24-23-19(27)15-9-11-16(12-10-15)25-13-5-6-14-25/h3-14H,2H2,1H3,(H,22,24)(H,23,27). The van der Waals surface area contributed by atoms with Crippen LogP contribution < -0.4 is 16.4 Å². The van der Waals surface area contributed by atoms with Crippen molar-refractivity contribution in [3.05, 3.63) is 89.0 Å². The van der Waals surface area contributed by atoms with Crippen LogP contribution in [0.15, 0.2) is 77.9 Å². The summed E-state index contributed by atoms with van der Waals surface area (Å²) >= 11 is 0. The highest BCUT2D eigenvalue weighted by molar-refractivity contribution is 5.95. The number of hydrogen-bond donors (Lipinski definition) is 2. The lowest BCUT2D eigenvalue weighted by molar-refractivity contribution is 0.0962. The van der Waals surface area contributed by atoms with Crippen LogP contribution in [0.4, 0.5) is 5.95 Å². The Morgan fingerprint density at radius 1 is 1.00 bits per heavy atom. The second-order valence-electron chi connectivity index (χ2n) is 6.22. The molecule has 1 amide bonds. The summed E-state index contributed by atoms with van der Waals surface area (Å²) in [6.45, 7) is 2.28. The van der Waals surface area contributed by atoms with Gasteiger partial charge >= 0.3 is 0 Å². The average Bonchev–Trinajstić information content (AvgIpc) is 3.27. The SMILES string of the molecule is CCn1c(NNC(=O)c2ccc(-n3cccc3)cc2)nc2ccccc2c1=O. The quantitative estimate of drug-likeness (QED) is 0.527. The van der Waals surface area contributed by atoms with E-state index in [1.807, 2.05) is 54.2 Å². The summed E-state index contributed by atoms with van der Waals surface area (Å²) in [6, 6.07) is 18.2. The lowest BCUT2D eigenvalue weighted by Crippen LogP contribution is -2.34. The molecule has 2 heterocycles. The number of rotatable bonds is 5. The number of fused-ring (bicyclic) bond motifs is 1. The van der Waals surface area contributed by atoms with Crippen LogP contribution in [0, 0.1) is 0 Å². The molecular formula is C21H19N5O2. The largest absolute Gasteiger partial charge is 0.324 e. The number of para-hydroxylation sites is 1. The number of carbonyl (C=O) groups excluding carboxylic acids is 1. The van der Waals surface area contributed by atoms with Gasteiger partial charge in [0, 0.05) is 30.2 Å². The smallest absolute Gasteiger partial charge is 0.269 e. The van der Waals surface area contributed by atoms with Gasteiger partial charge in [0.05, 0.1) is 10.9 Å². The van der Waals surface area contributed by atoms with Gasteiger partial charge in [0.25, 0.3) is 11.5 Å². The molecule has 28 heavy (non-hydrogen) atoms. The highest BCUT2D eigenvalue weighted by Crippen LogP contribution is 2.12. The number of anilines is 1. The van der Waals surface area contributed by atoms with E-state index in [9.17, 15) is 9.59 Å². The van der Waals surface area contributed by atoms with Gasteiger partial charge in [-0.1, -0.05) is 12.1 Å². The van der Waals surface area contributed by atoms with Gasteiger partial charge in [-0.25, -0.2) is 4.98 Å². The van der Waals surface area contributed by atoms with Crippen molar-refractivity contribution in [1.82, 2.24) is 19.5 Å². The molecule has 2 aromatic carbocycles. The highest BCUT2D eigenvalue weighted by Gasteiger charge is 2.11. The Hall–Kier alpha value is -3.87. The van der Waals surface area contributed by atoms with Crippen molar-refractivity contribution in [2.45, 2.75) is 13.5 Å². The van der Waals surface area contributed by atoms with Crippen molar-refractivity contribution in [2.75, 3.05) is 5.43 Å². The van der Waals surface area contributed by atoms with Crippen molar-refractivity contribution >= 4 is 22.8 Å². The summed E-state index contributed by atoms with van der Waals surface area (Å²) in [5.41, 5.74) is 7.28. The van der Waals surface area contributed by atoms with Crippen LogP contribution in [-0.2, 0) is 6.54 Å². The van der Waals surface area contributed by atoms with E-state index >= 15 is 0 Å². The molecule has 0 aliphatic heterocycles. The fourth-order valence-electron chi connectivity index (χ4n) is 3.03. The lowest BCUT2D eigenvalue weighted by Gasteiger charge is -2.14. The number of nitrogens with one attached hydrogen (secondary N) is 2. The number of nitrogens with zero attached hydrogens (tertiary/aromatic N) is 3. The minimum Gasteiger partial charge on any atom is -0.324 e. The van der Waals surface area contributed by atoms with Crippen LogP contribution in [0.2, 0.25) is 0 Å². The molecule has 0 unspecified atom stereocenters. The van der Waals surface area contributed by atoms with E-state index in [-0.39, 0.29) is 11.5 Å². The van der Waals surface area contributed by atoms with Crippen LogP contribution in [0.3, 0.4) is 0 Å². The molecule has 7 heteroatoms. The zero-order valence-corrected chi connectivity index (χ0v) is 15.3. The molecule has 0 radical (unpaired) electrons. The number of hydrazine groups is 1.